The number of hydrogen-bond donors (Lipinski definition) is 4. The van der Waals surface area contributed by atoms with E-state index in [0.29, 0.717) is 23.3 Å². The molecular weight excluding hydrogens is 318 g/mol. The molecule has 0 bridgehead atoms. The molecule has 0 aliphatic carbocycles. The SMILES string of the molecule is CC/C(=N/NC(=O)C(C)Nc1ccccc1)c1ccc(O)c(C)c1O. The van der Waals surface area contributed by atoms with E-state index in [-0.39, 0.29) is 17.4 Å². The Balaban J connectivity index is 2.10. The Labute approximate surface area is 147 Å². The first-order valence-corrected chi connectivity index (χ1v) is 8.14. The number of nitrogens with zero attached hydrogens (tertiary/aromatic N) is 1. The maximum atomic E-state index is 12.2. The number of amides is 1. The van der Waals surface area contributed by atoms with Crippen molar-refractivity contribution >= 4 is 17.3 Å². The third kappa shape index (κ3) is 4.50. The Morgan fingerprint density at radius 1 is 1.16 bits per heavy atom. The molecule has 2 rings (SSSR count). The van der Waals surface area contributed by atoms with E-state index < -0.39 is 6.04 Å². The minimum Gasteiger partial charge on any atom is -0.508 e. The van der Waals surface area contributed by atoms with Crippen molar-refractivity contribution in [3.05, 3.63) is 53.6 Å². The summed E-state index contributed by atoms with van der Waals surface area (Å²) in [6.07, 6.45) is 0.512. The third-order valence-electron chi connectivity index (χ3n) is 3.90. The number of nitrogens with one attached hydrogen (secondary N) is 2. The first kappa shape index (κ1) is 18.3. The summed E-state index contributed by atoms with van der Waals surface area (Å²) in [7, 11) is 0. The molecule has 1 atom stereocenters. The standard InChI is InChI=1S/C19H23N3O3/c1-4-16(15-10-11-17(23)12(2)18(15)24)21-22-19(25)13(3)20-14-8-6-5-7-9-14/h5-11,13,20,23-24H,4H2,1-3H3,(H,22,25)/b21-16-. The van der Waals surface area contributed by atoms with Crippen molar-refractivity contribution in [3.8, 4) is 11.5 Å². The van der Waals surface area contributed by atoms with Gasteiger partial charge in [0.25, 0.3) is 5.91 Å². The van der Waals surface area contributed by atoms with Gasteiger partial charge in [-0.1, -0.05) is 25.1 Å². The van der Waals surface area contributed by atoms with Crippen LogP contribution in [0.1, 0.15) is 31.4 Å². The first-order chi connectivity index (χ1) is 11.9. The van der Waals surface area contributed by atoms with Crippen LogP contribution in [0.5, 0.6) is 11.5 Å². The number of anilines is 1. The van der Waals surface area contributed by atoms with Crippen LogP contribution in [-0.2, 0) is 4.79 Å². The molecule has 2 aromatic rings. The van der Waals surface area contributed by atoms with E-state index in [1.165, 1.54) is 6.07 Å². The Kier molecular flexibility index (Phi) is 6.00. The molecular formula is C19H23N3O3. The van der Waals surface area contributed by atoms with Gasteiger partial charge in [-0.15, -0.1) is 0 Å². The number of carbonyl (C=O) groups is 1. The van der Waals surface area contributed by atoms with Crippen LogP contribution in [0.25, 0.3) is 0 Å². The Hall–Kier alpha value is -3.02. The molecule has 0 saturated heterocycles. The van der Waals surface area contributed by atoms with Crippen molar-refractivity contribution in [2.75, 3.05) is 5.32 Å². The van der Waals surface area contributed by atoms with Gasteiger partial charge >= 0.3 is 0 Å². The maximum Gasteiger partial charge on any atom is 0.262 e. The van der Waals surface area contributed by atoms with Crippen molar-refractivity contribution in [3.63, 3.8) is 0 Å². The van der Waals surface area contributed by atoms with E-state index in [0.717, 1.165) is 5.69 Å². The fourth-order valence-corrected chi connectivity index (χ4v) is 2.32. The summed E-state index contributed by atoms with van der Waals surface area (Å²) in [6.45, 7) is 5.23. The van der Waals surface area contributed by atoms with Crippen molar-refractivity contribution in [2.24, 2.45) is 5.10 Å². The zero-order valence-electron chi connectivity index (χ0n) is 14.6. The van der Waals surface area contributed by atoms with Gasteiger partial charge in [-0.3, -0.25) is 4.79 Å². The summed E-state index contributed by atoms with van der Waals surface area (Å²) < 4.78 is 0. The fraction of sp³-hybridized carbons (Fsp3) is 0.263. The van der Waals surface area contributed by atoms with Crippen LogP contribution in [0, 0.1) is 6.92 Å². The molecule has 2 aromatic carbocycles. The molecule has 4 N–H and O–H groups in total. The van der Waals surface area contributed by atoms with Crippen LogP contribution in [-0.4, -0.2) is 27.9 Å². The number of hydrazone groups is 1. The van der Waals surface area contributed by atoms with Gasteiger partial charge in [-0.2, -0.15) is 5.10 Å². The summed E-state index contributed by atoms with van der Waals surface area (Å²) in [6, 6.07) is 12.0. The molecule has 0 saturated carbocycles. The summed E-state index contributed by atoms with van der Waals surface area (Å²) in [5.41, 5.74) is 4.77. The number of aromatic hydroxyl groups is 2. The highest BCUT2D eigenvalue weighted by atomic mass is 16.3. The lowest BCUT2D eigenvalue weighted by Crippen LogP contribution is -2.35. The summed E-state index contributed by atoms with van der Waals surface area (Å²) >= 11 is 0. The average molecular weight is 341 g/mol. The lowest BCUT2D eigenvalue weighted by molar-refractivity contribution is -0.121. The molecule has 0 heterocycles. The van der Waals surface area contributed by atoms with Crippen LogP contribution in [0.4, 0.5) is 5.69 Å². The molecule has 1 unspecified atom stereocenters. The van der Waals surface area contributed by atoms with Crippen LogP contribution in [0.15, 0.2) is 47.6 Å². The molecule has 132 valence electrons. The molecule has 0 aliphatic heterocycles. The van der Waals surface area contributed by atoms with Crippen molar-refractivity contribution in [1.29, 1.82) is 0 Å². The predicted molar refractivity (Wildman–Crippen MR) is 99.0 cm³/mol. The van der Waals surface area contributed by atoms with E-state index in [9.17, 15) is 15.0 Å². The second kappa shape index (κ2) is 8.19. The van der Waals surface area contributed by atoms with Gasteiger partial charge in [-0.25, -0.2) is 5.43 Å². The minimum atomic E-state index is -0.473. The van der Waals surface area contributed by atoms with Crippen molar-refractivity contribution in [2.45, 2.75) is 33.2 Å². The van der Waals surface area contributed by atoms with Crippen molar-refractivity contribution < 1.29 is 15.0 Å². The molecule has 0 fully saturated rings. The van der Waals surface area contributed by atoms with E-state index >= 15 is 0 Å². The molecule has 1 amide bonds. The van der Waals surface area contributed by atoms with Crippen LogP contribution >= 0.6 is 0 Å². The van der Waals surface area contributed by atoms with Gasteiger partial charge in [0, 0.05) is 16.8 Å². The number of hydrogen-bond acceptors (Lipinski definition) is 5. The Bertz CT molecular complexity index is 773. The fourth-order valence-electron chi connectivity index (χ4n) is 2.32. The largest absolute Gasteiger partial charge is 0.508 e. The molecule has 6 nitrogen and oxygen atoms in total. The van der Waals surface area contributed by atoms with Crippen LogP contribution in [0.2, 0.25) is 0 Å². The van der Waals surface area contributed by atoms with E-state index in [2.05, 4.69) is 15.8 Å². The molecule has 0 radical (unpaired) electrons. The van der Waals surface area contributed by atoms with Crippen molar-refractivity contribution in [1.82, 2.24) is 5.43 Å². The quantitative estimate of drug-likeness (QED) is 0.480. The second-order valence-electron chi connectivity index (χ2n) is 5.73. The van der Waals surface area contributed by atoms with Crippen LogP contribution < -0.4 is 10.7 Å². The zero-order valence-corrected chi connectivity index (χ0v) is 14.6. The summed E-state index contributed by atoms with van der Waals surface area (Å²) in [5.74, 6) is -0.309. The van der Waals surface area contributed by atoms with Crippen LogP contribution in [0.3, 0.4) is 0 Å². The lowest BCUT2D eigenvalue weighted by atomic mass is 10.0. The number of rotatable bonds is 6. The molecule has 0 aromatic heterocycles. The van der Waals surface area contributed by atoms with Gasteiger partial charge in [0.05, 0.1) is 5.71 Å². The first-order valence-electron chi connectivity index (χ1n) is 8.14. The predicted octanol–water partition coefficient (Wildman–Crippen LogP) is 3.14. The number of para-hydroxylation sites is 1. The van der Waals surface area contributed by atoms with E-state index in [1.54, 1.807) is 19.9 Å². The zero-order chi connectivity index (χ0) is 18.4. The number of phenols is 2. The van der Waals surface area contributed by atoms with Gasteiger partial charge < -0.3 is 15.5 Å². The highest BCUT2D eigenvalue weighted by Crippen LogP contribution is 2.30. The van der Waals surface area contributed by atoms with Gasteiger partial charge in [-0.05, 0) is 44.5 Å². The van der Waals surface area contributed by atoms with E-state index in [1.807, 2.05) is 37.3 Å². The van der Waals surface area contributed by atoms with Gasteiger partial charge in [0.1, 0.15) is 17.5 Å². The highest BCUT2D eigenvalue weighted by molar-refractivity contribution is 6.03. The molecule has 6 heteroatoms. The normalized spacial score (nSPS) is 12.5. The highest BCUT2D eigenvalue weighted by Gasteiger charge is 2.15. The number of carbonyl (C=O) groups excluding carboxylic acids is 1. The molecule has 0 spiro atoms. The average Bonchev–Trinajstić information content (AvgIpc) is 2.62. The van der Waals surface area contributed by atoms with Gasteiger partial charge in [0.2, 0.25) is 0 Å². The molecule has 25 heavy (non-hydrogen) atoms. The lowest BCUT2D eigenvalue weighted by Gasteiger charge is -2.14. The minimum absolute atomic E-state index is 0.0152. The van der Waals surface area contributed by atoms with E-state index in [4.69, 9.17) is 0 Å². The number of benzene rings is 2. The summed E-state index contributed by atoms with van der Waals surface area (Å²) in [5, 5.41) is 27.0. The topological polar surface area (TPSA) is 94.0 Å². The third-order valence-corrected chi connectivity index (χ3v) is 3.90. The second-order valence-corrected chi connectivity index (χ2v) is 5.73. The Morgan fingerprint density at radius 3 is 2.48 bits per heavy atom. The number of phenolic OH excluding ortho intramolecular Hbond substituents is 2. The maximum absolute atomic E-state index is 12.2. The monoisotopic (exact) mass is 341 g/mol. The smallest absolute Gasteiger partial charge is 0.262 e. The van der Waals surface area contributed by atoms with Gasteiger partial charge in [0.15, 0.2) is 0 Å². The molecule has 0 aliphatic rings. The summed E-state index contributed by atoms with van der Waals surface area (Å²) in [4.78, 5) is 12.2. The Morgan fingerprint density at radius 2 is 1.84 bits per heavy atom.